The summed E-state index contributed by atoms with van der Waals surface area (Å²) in [6, 6.07) is 3.25. The summed E-state index contributed by atoms with van der Waals surface area (Å²) in [7, 11) is 3.05. The molecule has 0 spiro atoms. The Morgan fingerprint density at radius 3 is 2.20 bits per heavy atom. The number of aromatic amines is 1. The summed E-state index contributed by atoms with van der Waals surface area (Å²) in [5.41, 5.74) is 1.10. The first kappa shape index (κ1) is 14.7. The number of aromatic nitrogens is 1. The number of benzene rings is 1. The molecule has 0 radical (unpaired) electrons. The van der Waals surface area contributed by atoms with Crippen molar-refractivity contribution in [3.05, 3.63) is 33.1 Å². The van der Waals surface area contributed by atoms with Crippen LogP contribution in [0.3, 0.4) is 0 Å². The predicted octanol–water partition coefficient (Wildman–Crippen LogP) is 3.50. The van der Waals surface area contributed by atoms with Crippen molar-refractivity contribution < 1.29 is 9.47 Å². The number of nitrogens with one attached hydrogen (secondary N) is 1. The smallest absolute Gasteiger partial charge is 0.191 e. The maximum atomic E-state index is 12.4. The molecule has 4 nitrogen and oxygen atoms in total. The lowest BCUT2D eigenvalue weighted by atomic mass is 9.91. The average molecular weight is 296 g/mol. The molecule has 0 fully saturated rings. The lowest BCUT2D eigenvalue weighted by Crippen LogP contribution is -2.18. The summed E-state index contributed by atoms with van der Waals surface area (Å²) in [4.78, 5) is 15.6. The number of H-pyrrole nitrogens is 1. The van der Waals surface area contributed by atoms with Crippen LogP contribution in [0.1, 0.15) is 26.5 Å². The summed E-state index contributed by atoms with van der Waals surface area (Å²) in [5, 5.41) is 0.681. The molecule has 0 saturated heterocycles. The normalized spacial score (nSPS) is 11.7. The van der Waals surface area contributed by atoms with Gasteiger partial charge in [0.05, 0.1) is 30.1 Å². The van der Waals surface area contributed by atoms with Crippen LogP contribution in [0, 0.1) is 0 Å². The molecule has 0 aliphatic carbocycles. The van der Waals surface area contributed by atoms with Crippen LogP contribution in [0.4, 0.5) is 0 Å². The van der Waals surface area contributed by atoms with E-state index in [4.69, 9.17) is 21.1 Å². The molecule has 0 bridgehead atoms. The Morgan fingerprint density at radius 1 is 1.10 bits per heavy atom. The Hall–Kier alpha value is -1.68. The van der Waals surface area contributed by atoms with Gasteiger partial charge in [-0.05, 0) is 0 Å². The van der Waals surface area contributed by atoms with Crippen molar-refractivity contribution in [3.63, 3.8) is 0 Å². The van der Waals surface area contributed by atoms with Gasteiger partial charge in [0.25, 0.3) is 0 Å². The Kier molecular flexibility index (Phi) is 3.69. The molecule has 1 N–H and O–H groups in total. The van der Waals surface area contributed by atoms with E-state index in [-0.39, 0.29) is 10.8 Å². The second kappa shape index (κ2) is 5.02. The van der Waals surface area contributed by atoms with Crippen LogP contribution < -0.4 is 14.9 Å². The van der Waals surface area contributed by atoms with Crippen LogP contribution in [-0.2, 0) is 5.41 Å². The fourth-order valence-corrected chi connectivity index (χ4v) is 2.37. The molecule has 0 aliphatic heterocycles. The molecular formula is C15H18ClNO3. The van der Waals surface area contributed by atoms with Gasteiger partial charge >= 0.3 is 0 Å². The van der Waals surface area contributed by atoms with Crippen molar-refractivity contribution in [1.82, 2.24) is 4.98 Å². The highest BCUT2D eigenvalue weighted by Crippen LogP contribution is 2.37. The number of pyridine rings is 1. The zero-order valence-electron chi connectivity index (χ0n) is 12.3. The Labute approximate surface area is 122 Å². The van der Waals surface area contributed by atoms with E-state index in [0.29, 0.717) is 27.4 Å². The molecule has 2 rings (SSSR count). The van der Waals surface area contributed by atoms with E-state index in [9.17, 15) is 4.79 Å². The molecule has 2 aromatic rings. The number of halogens is 1. The van der Waals surface area contributed by atoms with Crippen LogP contribution >= 0.6 is 11.6 Å². The van der Waals surface area contributed by atoms with E-state index >= 15 is 0 Å². The molecule has 1 aromatic carbocycles. The molecule has 108 valence electrons. The largest absolute Gasteiger partial charge is 0.495 e. The van der Waals surface area contributed by atoms with Crippen LogP contribution in [-0.4, -0.2) is 19.2 Å². The molecule has 5 heteroatoms. The minimum Gasteiger partial charge on any atom is -0.495 e. The van der Waals surface area contributed by atoms with Crippen LogP contribution in [0.15, 0.2) is 16.9 Å². The van der Waals surface area contributed by atoms with Crippen molar-refractivity contribution in [2.75, 3.05) is 14.2 Å². The Bertz CT molecular complexity index is 714. The third-order valence-corrected chi connectivity index (χ3v) is 3.60. The molecule has 0 amide bonds. The van der Waals surface area contributed by atoms with Crippen molar-refractivity contribution in [2.24, 2.45) is 0 Å². The lowest BCUT2D eigenvalue weighted by molar-refractivity contribution is 0.397. The average Bonchev–Trinajstić information content (AvgIpc) is 2.37. The predicted molar refractivity (Wildman–Crippen MR) is 81.4 cm³/mol. The highest BCUT2D eigenvalue weighted by molar-refractivity contribution is 6.37. The van der Waals surface area contributed by atoms with E-state index in [2.05, 4.69) is 4.98 Å². The van der Waals surface area contributed by atoms with E-state index in [1.54, 1.807) is 19.2 Å². The fourth-order valence-electron chi connectivity index (χ4n) is 2.05. The first-order valence-electron chi connectivity index (χ1n) is 6.27. The number of hydrogen-bond acceptors (Lipinski definition) is 3. The van der Waals surface area contributed by atoms with Gasteiger partial charge in [0, 0.05) is 23.2 Å². The topological polar surface area (TPSA) is 51.3 Å². The molecule has 1 heterocycles. The van der Waals surface area contributed by atoms with Crippen LogP contribution in [0.2, 0.25) is 5.02 Å². The van der Waals surface area contributed by atoms with Gasteiger partial charge in [-0.3, -0.25) is 4.79 Å². The third-order valence-electron chi connectivity index (χ3n) is 3.22. The Balaban J connectivity index is 2.94. The number of ether oxygens (including phenoxy) is 2. The molecular weight excluding hydrogens is 278 g/mol. The molecule has 0 unspecified atom stereocenters. The van der Waals surface area contributed by atoms with E-state index in [0.717, 1.165) is 5.69 Å². The number of rotatable bonds is 2. The summed E-state index contributed by atoms with van der Waals surface area (Å²) < 4.78 is 10.5. The van der Waals surface area contributed by atoms with Crippen LogP contribution in [0.5, 0.6) is 11.5 Å². The first-order chi connectivity index (χ1) is 9.29. The third kappa shape index (κ3) is 2.36. The lowest BCUT2D eigenvalue weighted by Gasteiger charge is -2.20. The van der Waals surface area contributed by atoms with Gasteiger partial charge in [-0.15, -0.1) is 0 Å². The molecule has 0 aliphatic rings. The van der Waals surface area contributed by atoms with Crippen molar-refractivity contribution >= 4 is 22.5 Å². The zero-order valence-corrected chi connectivity index (χ0v) is 13.0. The summed E-state index contributed by atoms with van der Waals surface area (Å²) in [6.07, 6.45) is 0. The zero-order chi connectivity index (χ0) is 15.1. The summed E-state index contributed by atoms with van der Waals surface area (Å²) in [5.74, 6) is 0.953. The van der Waals surface area contributed by atoms with Gasteiger partial charge in [-0.2, -0.15) is 0 Å². The number of hydrogen-bond donors (Lipinski definition) is 1. The monoisotopic (exact) mass is 295 g/mol. The number of methoxy groups -OCH3 is 2. The van der Waals surface area contributed by atoms with Crippen molar-refractivity contribution in [2.45, 2.75) is 26.2 Å². The summed E-state index contributed by atoms with van der Waals surface area (Å²) in [6.45, 7) is 6.09. The van der Waals surface area contributed by atoms with Gasteiger partial charge in [-0.1, -0.05) is 32.4 Å². The molecule has 20 heavy (non-hydrogen) atoms. The second-order valence-electron chi connectivity index (χ2n) is 5.64. The van der Waals surface area contributed by atoms with Gasteiger partial charge in [-0.25, -0.2) is 0 Å². The van der Waals surface area contributed by atoms with Gasteiger partial charge in [0.15, 0.2) is 5.43 Å². The molecule has 0 atom stereocenters. The summed E-state index contributed by atoms with van der Waals surface area (Å²) >= 11 is 6.24. The second-order valence-corrected chi connectivity index (χ2v) is 6.02. The standard InChI is InChI=1S/C15H18ClNO3/c1-15(2,3)11-6-8(18)12-13(16)9(19-4)7-10(20-5)14(12)17-11/h6-7H,1-5H3,(H,17,18). The maximum absolute atomic E-state index is 12.4. The van der Waals surface area contributed by atoms with Gasteiger partial charge in [0.2, 0.25) is 0 Å². The quantitative estimate of drug-likeness (QED) is 0.922. The van der Waals surface area contributed by atoms with Crippen LogP contribution in [0.25, 0.3) is 10.9 Å². The first-order valence-corrected chi connectivity index (χ1v) is 6.65. The SMILES string of the molecule is COc1cc(OC)c2[nH]c(C(C)(C)C)cc(=O)c2c1Cl. The maximum Gasteiger partial charge on any atom is 0.191 e. The van der Waals surface area contributed by atoms with Gasteiger partial charge < -0.3 is 14.5 Å². The minimum absolute atomic E-state index is 0.147. The molecule has 1 aromatic heterocycles. The van der Waals surface area contributed by atoms with Crippen molar-refractivity contribution in [3.8, 4) is 11.5 Å². The van der Waals surface area contributed by atoms with Gasteiger partial charge in [0.1, 0.15) is 11.5 Å². The molecule has 0 saturated carbocycles. The minimum atomic E-state index is -0.176. The van der Waals surface area contributed by atoms with E-state index in [1.165, 1.54) is 7.11 Å². The van der Waals surface area contributed by atoms with Crippen molar-refractivity contribution in [1.29, 1.82) is 0 Å². The Morgan fingerprint density at radius 2 is 1.70 bits per heavy atom. The van der Waals surface area contributed by atoms with E-state index in [1.807, 2.05) is 20.8 Å². The fraction of sp³-hybridized carbons (Fsp3) is 0.400. The number of fused-ring (bicyclic) bond motifs is 1. The van der Waals surface area contributed by atoms with E-state index < -0.39 is 0 Å². The highest BCUT2D eigenvalue weighted by atomic mass is 35.5. The highest BCUT2D eigenvalue weighted by Gasteiger charge is 2.20.